The zero-order valence-corrected chi connectivity index (χ0v) is 9.04. The Labute approximate surface area is 96.4 Å². The summed E-state index contributed by atoms with van der Waals surface area (Å²) in [5.74, 6) is 0. The maximum atomic E-state index is 12.5. The van der Waals surface area contributed by atoms with E-state index in [1.54, 1.807) is 12.4 Å². The van der Waals surface area contributed by atoms with Gasteiger partial charge in [0.2, 0.25) is 0 Å². The van der Waals surface area contributed by atoms with Gasteiger partial charge in [-0.05, 0) is 24.6 Å². The zero-order chi connectivity index (χ0) is 12.5. The van der Waals surface area contributed by atoms with Crippen LogP contribution in [0.2, 0.25) is 0 Å². The third-order valence-electron chi connectivity index (χ3n) is 2.52. The molecule has 1 aromatic heterocycles. The van der Waals surface area contributed by atoms with E-state index >= 15 is 0 Å². The van der Waals surface area contributed by atoms with Crippen LogP contribution in [0.1, 0.15) is 12.0 Å². The van der Waals surface area contributed by atoms with Gasteiger partial charge in [-0.2, -0.15) is 13.2 Å². The van der Waals surface area contributed by atoms with E-state index in [4.69, 9.17) is 0 Å². The summed E-state index contributed by atoms with van der Waals surface area (Å²) in [7, 11) is 0. The summed E-state index contributed by atoms with van der Waals surface area (Å²) in [6, 6.07) is 3.60. The average molecular weight is 240 g/mol. The lowest BCUT2D eigenvalue weighted by Gasteiger charge is -2.06. The number of halogens is 3. The Bertz CT molecular complexity index is 540. The Morgan fingerprint density at radius 3 is 2.76 bits per heavy atom. The number of alkyl halides is 3. The number of aryl methyl sites for hydroxylation is 1. The van der Waals surface area contributed by atoms with Gasteiger partial charge in [0.25, 0.3) is 0 Å². The van der Waals surface area contributed by atoms with Crippen molar-refractivity contribution in [3.63, 3.8) is 0 Å². The van der Waals surface area contributed by atoms with E-state index in [0.717, 1.165) is 18.6 Å². The van der Waals surface area contributed by atoms with Crippen LogP contribution in [-0.4, -0.2) is 9.55 Å². The Morgan fingerprint density at radius 1 is 1.35 bits per heavy atom. The summed E-state index contributed by atoms with van der Waals surface area (Å²) in [5, 5.41) is 0. The highest BCUT2D eigenvalue weighted by atomic mass is 19.4. The van der Waals surface area contributed by atoms with Gasteiger partial charge in [-0.1, -0.05) is 6.08 Å². The lowest BCUT2D eigenvalue weighted by atomic mass is 10.2. The van der Waals surface area contributed by atoms with E-state index in [1.165, 1.54) is 6.07 Å². The van der Waals surface area contributed by atoms with Gasteiger partial charge in [0, 0.05) is 6.54 Å². The average Bonchev–Trinajstić information content (AvgIpc) is 2.67. The number of fused-ring (bicyclic) bond motifs is 1. The van der Waals surface area contributed by atoms with E-state index in [0.29, 0.717) is 17.6 Å². The summed E-state index contributed by atoms with van der Waals surface area (Å²) in [5.41, 5.74) is 0.405. The van der Waals surface area contributed by atoms with E-state index in [9.17, 15) is 13.2 Å². The molecule has 0 saturated heterocycles. The van der Waals surface area contributed by atoms with Crippen LogP contribution < -0.4 is 0 Å². The molecule has 0 atom stereocenters. The van der Waals surface area contributed by atoms with Gasteiger partial charge in [-0.15, -0.1) is 6.58 Å². The number of rotatable bonds is 3. The second-order valence-corrected chi connectivity index (χ2v) is 3.72. The first-order valence-electron chi connectivity index (χ1n) is 5.15. The fourth-order valence-electron chi connectivity index (χ4n) is 1.65. The lowest BCUT2D eigenvalue weighted by Crippen LogP contribution is -2.04. The SMILES string of the molecule is C=CCCn1cnc2cc(C(F)(F)F)ccc21. The van der Waals surface area contributed by atoms with Crippen molar-refractivity contribution in [2.24, 2.45) is 0 Å². The molecule has 0 N–H and O–H groups in total. The van der Waals surface area contributed by atoms with Gasteiger partial charge in [-0.25, -0.2) is 4.98 Å². The molecule has 0 saturated carbocycles. The van der Waals surface area contributed by atoms with Crippen molar-refractivity contribution in [3.8, 4) is 0 Å². The Kier molecular flexibility index (Phi) is 2.92. The van der Waals surface area contributed by atoms with E-state index < -0.39 is 11.7 Å². The minimum atomic E-state index is -4.32. The summed E-state index contributed by atoms with van der Waals surface area (Å²) in [4.78, 5) is 3.97. The van der Waals surface area contributed by atoms with Crippen LogP contribution in [0.4, 0.5) is 13.2 Å². The molecule has 2 aromatic rings. The maximum Gasteiger partial charge on any atom is 0.416 e. The number of benzene rings is 1. The molecule has 0 aliphatic heterocycles. The van der Waals surface area contributed by atoms with Crippen molar-refractivity contribution in [1.82, 2.24) is 9.55 Å². The van der Waals surface area contributed by atoms with Crippen LogP contribution in [0.15, 0.2) is 37.2 Å². The molecule has 90 valence electrons. The van der Waals surface area contributed by atoms with Crippen LogP contribution in [0, 0.1) is 0 Å². The van der Waals surface area contributed by atoms with Crippen LogP contribution in [0.5, 0.6) is 0 Å². The summed E-state index contributed by atoms with van der Waals surface area (Å²) in [6.45, 7) is 4.28. The van der Waals surface area contributed by atoms with Crippen LogP contribution >= 0.6 is 0 Å². The van der Waals surface area contributed by atoms with Gasteiger partial charge in [0.15, 0.2) is 0 Å². The maximum absolute atomic E-state index is 12.5. The molecule has 0 bridgehead atoms. The molecule has 0 fully saturated rings. The zero-order valence-electron chi connectivity index (χ0n) is 9.04. The molecular weight excluding hydrogens is 229 g/mol. The van der Waals surface area contributed by atoms with Crippen molar-refractivity contribution in [3.05, 3.63) is 42.7 Å². The highest BCUT2D eigenvalue weighted by Crippen LogP contribution is 2.31. The van der Waals surface area contributed by atoms with Crippen LogP contribution in [0.25, 0.3) is 11.0 Å². The molecule has 0 unspecified atom stereocenters. The molecule has 1 aromatic carbocycles. The first kappa shape index (κ1) is 11.7. The lowest BCUT2D eigenvalue weighted by molar-refractivity contribution is -0.137. The quantitative estimate of drug-likeness (QED) is 0.749. The minimum absolute atomic E-state index is 0.365. The molecule has 2 nitrogen and oxygen atoms in total. The third kappa shape index (κ3) is 2.33. The molecule has 5 heteroatoms. The smallest absolute Gasteiger partial charge is 0.330 e. The Morgan fingerprint density at radius 2 is 2.12 bits per heavy atom. The molecule has 0 spiro atoms. The van der Waals surface area contributed by atoms with E-state index in [2.05, 4.69) is 11.6 Å². The van der Waals surface area contributed by atoms with Crippen molar-refractivity contribution in [2.75, 3.05) is 0 Å². The predicted molar refractivity (Wildman–Crippen MR) is 59.5 cm³/mol. The monoisotopic (exact) mass is 240 g/mol. The highest BCUT2D eigenvalue weighted by molar-refractivity contribution is 5.76. The molecular formula is C12H11F3N2. The number of hydrogen-bond donors (Lipinski definition) is 0. The van der Waals surface area contributed by atoms with Gasteiger partial charge in [0.05, 0.1) is 22.9 Å². The first-order chi connectivity index (χ1) is 8.02. The van der Waals surface area contributed by atoms with Gasteiger partial charge in [-0.3, -0.25) is 0 Å². The normalized spacial score (nSPS) is 11.9. The number of hydrogen-bond acceptors (Lipinski definition) is 1. The summed E-state index contributed by atoms with van der Waals surface area (Å²) >= 11 is 0. The largest absolute Gasteiger partial charge is 0.416 e. The van der Waals surface area contributed by atoms with Gasteiger partial charge >= 0.3 is 6.18 Å². The third-order valence-corrected chi connectivity index (χ3v) is 2.52. The molecule has 0 aliphatic carbocycles. The van der Waals surface area contributed by atoms with Crippen molar-refractivity contribution < 1.29 is 13.2 Å². The molecule has 0 amide bonds. The van der Waals surface area contributed by atoms with Gasteiger partial charge < -0.3 is 4.57 Å². The second-order valence-electron chi connectivity index (χ2n) is 3.72. The van der Waals surface area contributed by atoms with Gasteiger partial charge in [0.1, 0.15) is 0 Å². The van der Waals surface area contributed by atoms with E-state index in [-0.39, 0.29) is 0 Å². The van der Waals surface area contributed by atoms with Crippen molar-refractivity contribution in [2.45, 2.75) is 19.1 Å². The molecule has 17 heavy (non-hydrogen) atoms. The molecule has 1 heterocycles. The van der Waals surface area contributed by atoms with Crippen LogP contribution in [0.3, 0.4) is 0 Å². The second kappa shape index (κ2) is 4.24. The summed E-state index contributed by atoms with van der Waals surface area (Å²) in [6.07, 6.45) is -0.254. The Balaban J connectivity index is 2.41. The predicted octanol–water partition coefficient (Wildman–Crippen LogP) is 3.63. The highest BCUT2D eigenvalue weighted by Gasteiger charge is 2.30. The van der Waals surface area contributed by atoms with E-state index in [1.807, 2.05) is 4.57 Å². The topological polar surface area (TPSA) is 17.8 Å². The minimum Gasteiger partial charge on any atom is -0.330 e. The molecule has 0 radical (unpaired) electrons. The fraction of sp³-hybridized carbons (Fsp3) is 0.250. The standard InChI is InChI=1S/C12H11F3N2/c1-2-3-6-17-8-16-10-7-9(12(13,14)15)4-5-11(10)17/h2,4-5,7-8H,1,3,6H2. The first-order valence-corrected chi connectivity index (χ1v) is 5.15. The molecule has 2 rings (SSSR count). The Hall–Kier alpha value is -1.78. The number of nitrogens with zero attached hydrogens (tertiary/aromatic N) is 2. The molecule has 0 aliphatic rings. The number of imidazole rings is 1. The van der Waals surface area contributed by atoms with Crippen molar-refractivity contribution in [1.29, 1.82) is 0 Å². The van der Waals surface area contributed by atoms with Crippen molar-refractivity contribution >= 4 is 11.0 Å². The summed E-state index contributed by atoms with van der Waals surface area (Å²) < 4.78 is 39.2. The number of allylic oxidation sites excluding steroid dienone is 1. The number of aromatic nitrogens is 2. The fourth-order valence-corrected chi connectivity index (χ4v) is 1.65. The van der Waals surface area contributed by atoms with Crippen LogP contribution in [-0.2, 0) is 12.7 Å².